The topological polar surface area (TPSA) is 113 Å². The first-order valence-corrected chi connectivity index (χ1v) is 14.8. The van der Waals surface area contributed by atoms with Gasteiger partial charge in [-0.25, -0.2) is 0 Å². The first kappa shape index (κ1) is 28.8. The molecule has 3 saturated carbocycles. The number of ether oxygens (including phenoxy) is 1. The van der Waals surface area contributed by atoms with Gasteiger partial charge in [0.1, 0.15) is 11.6 Å². The van der Waals surface area contributed by atoms with E-state index in [1.165, 1.54) is 14.0 Å². The van der Waals surface area contributed by atoms with E-state index in [2.05, 4.69) is 39.1 Å². The van der Waals surface area contributed by atoms with Crippen molar-refractivity contribution in [2.24, 2.45) is 44.8 Å². The van der Waals surface area contributed by atoms with Gasteiger partial charge in [0.05, 0.1) is 18.1 Å². The van der Waals surface area contributed by atoms with Crippen molar-refractivity contribution in [2.45, 2.75) is 99.0 Å². The van der Waals surface area contributed by atoms with Gasteiger partial charge < -0.3 is 10.1 Å². The molecule has 0 saturated heterocycles. The fraction of sp³-hybridized carbons (Fsp3) is 0.727. The number of nitrogens with one attached hydrogen (secondary N) is 1. The number of allylic oxidation sites excluding steroid dienone is 3. The molecule has 0 aromatic heterocycles. The number of esters is 1. The number of hydrogen-bond donors (Lipinski definition) is 1. The van der Waals surface area contributed by atoms with Gasteiger partial charge >= 0.3 is 5.97 Å². The summed E-state index contributed by atoms with van der Waals surface area (Å²) in [6, 6.07) is 2.09. The number of methoxy groups -OCH3 is 1. The Hall–Kier alpha value is -2.75. The number of carbonyl (C=O) groups is 4. The molecule has 7 heteroatoms. The van der Waals surface area contributed by atoms with Gasteiger partial charge in [0, 0.05) is 24.2 Å². The van der Waals surface area contributed by atoms with Gasteiger partial charge in [-0.1, -0.05) is 46.3 Å². The molecule has 216 valence electrons. The molecule has 0 aromatic rings. The molecule has 40 heavy (non-hydrogen) atoms. The number of carbonyl (C=O) groups excluding carboxylic acids is 4. The van der Waals surface area contributed by atoms with Crippen molar-refractivity contribution in [3.63, 3.8) is 0 Å². The van der Waals surface area contributed by atoms with Crippen LogP contribution in [0.3, 0.4) is 0 Å². The van der Waals surface area contributed by atoms with Crippen molar-refractivity contribution in [2.75, 3.05) is 7.11 Å². The summed E-state index contributed by atoms with van der Waals surface area (Å²) in [5.74, 6) is -1.56. The summed E-state index contributed by atoms with van der Waals surface area (Å²) in [4.78, 5) is 53.7. The zero-order chi connectivity index (χ0) is 29.7. The summed E-state index contributed by atoms with van der Waals surface area (Å²) in [6.45, 7) is 14.1. The lowest BCUT2D eigenvalue weighted by atomic mass is 9.34. The first-order valence-electron chi connectivity index (χ1n) is 14.8. The number of Topliss-reactive ketones (excluding diaryl/α,β-unsaturated/α-hetero) is 1. The third kappa shape index (κ3) is 3.46. The van der Waals surface area contributed by atoms with Crippen molar-refractivity contribution in [3.8, 4) is 6.07 Å². The molecule has 0 heterocycles. The molecule has 1 unspecified atom stereocenters. The van der Waals surface area contributed by atoms with Crippen LogP contribution in [0.1, 0.15) is 93.4 Å². The largest absolute Gasteiger partial charge is 0.469 e. The molecule has 5 rings (SSSR count). The third-order valence-corrected chi connectivity index (χ3v) is 12.6. The van der Waals surface area contributed by atoms with Gasteiger partial charge in [-0.3, -0.25) is 19.2 Å². The van der Waals surface area contributed by atoms with E-state index in [1.807, 2.05) is 13.0 Å². The number of rotatable bonds is 2. The van der Waals surface area contributed by atoms with Crippen molar-refractivity contribution in [1.82, 2.24) is 5.32 Å². The standard InChI is InChI=1S/C33H44N2O5/c1-19(36)35-32(7)23-9-10-30(5)24(29(23,4)16-20(18-34)26(32)38)15-22(37)25-21-17-28(2,3)11-13-33(21,27(39)40-8)14-12-31(25,30)6/h15-16,21,23,25H,9-14,17H2,1-8H3,(H,35,36)/t21-,23?,25-,29-,30+,31+,32-,33-/m0/s1. The van der Waals surface area contributed by atoms with Gasteiger partial charge in [-0.15, -0.1) is 0 Å². The van der Waals surface area contributed by atoms with E-state index in [0.29, 0.717) is 12.8 Å². The smallest absolute Gasteiger partial charge is 0.312 e. The lowest BCUT2D eigenvalue weighted by molar-refractivity contribution is -0.190. The highest BCUT2D eigenvalue weighted by atomic mass is 16.5. The van der Waals surface area contributed by atoms with Crippen molar-refractivity contribution < 1.29 is 23.9 Å². The summed E-state index contributed by atoms with van der Waals surface area (Å²) in [5, 5.41) is 12.9. The molecule has 7 nitrogen and oxygen atoms in total. The predicted molar refractivity (Wildman–Crippen MR) is 149 cm³/mol. The monoisotopic (exact) mass is 548 g/mol. The van der Waals surface area contributed by atoms with Crippen LogP contribution in [0.4, 0.5) is 0 Å². The molecule has 8 atom stereocenters. The fourth-order valence-electron chi connectivity index (χ4n) is 10.4. The Kier molecular flexibility index (Phi) is 6.21. The Morgan fingerprint density at radius 3 is 2.27 bits per heavy atom. The van der Waals surface area contributed by atoms with Crippen molar-refractivity contribution in [3.05, 3.63) is 23.3 Å². The van der Waals surface area contributed by atoms with Crippen molar-refractivity contribution in [1.29, 1.82) is 5.26 Å². The van der Waals surface area contributed by atoms with Crippen LogP contribution in [-0.2, 0) is 23.9 Å². The maximum atomic E-state index is 14.5. The highest BCUT2D eigenvalue weighted by molar-refractivity contribution is 6.09. The van der Waals surface area contributed by atoms with Crippen LogP contribution >= 0.6 is 0 Å². The minimum Gasteiger partial charge on any atom is -0.469 e. The number of nitriles is 1. The molecule has 0 aliphatic heterocycles. The molecule has 1 N–H and O–H groups in total. The highest BCUT2D eigenvalue weighted by Crippen LogP contribution is 2.74. The molecule has 0 spiro atoms. The maximum Gasteiger partial charge on any atom is 0.312 e. The van der Waals surface area contributed by atoms with E-state index < -0.39 is 27.2 Å². The lowest BCUT2D eigenvalue weighted by Crippen LogP contribution is -2.69. The van der Waals surface area contributed by atoms with Crippen LogP contribution in [0.2, 0.25) is 0 Å². The lowest BCUT2D eigenvalue weighted by Gasteiger charge is -2.68. The van der Waals surface area contributed by atoms with Gasteiger partial charge in [-0.05, 0) is 80.1 Å². The SMILES string of the molecule is COC(=O)[C@]12CCC(C)(C)C[C@H]1[C@H]1C(=O)C=C3[C@@]4(C)C=C(C#N)C(=O)[C@@](C)(NC(C)=O)C4CC[C@@]3(C)[C@]1(C)CC2. The van der Waals surface area contributed by atoms with E-state index in [0.717, 1.165) is 37.7 Å². The van der Waals surface area contributed by atoms with Crippen LogP contribution in [0.15, 0.2) is 23.3 Å². The first-order chi connectivity index (χ1) is 18.5. The average molecular weight is 549 g/mol. The Bertz CT molecular complexity index is 1320. The minimum atomic E-state index is -1.25. The minimum absolute atomic E-state index is 0.0175. The molecule has 5 aliphatic carbocycles. The molecule has 0 radical (unpaired) electrons. The second-order valence-electron chi connectivity index (χ2n) is 15.1. The normalized spacial score (nSPS) is 45.3. The third-order valence-electron chi connectivity index (χ3n) is 12.6. The quantitative estimate of drug-likeness (QED) is 0.472. The summed E-state index contributed by atoms with van der Waals surface area (Å²) in [6.07, 6.45) is 8.85. The van der Waals surface area contributed by atoms with E-state index in [1.54, 1.807) is 13.0 Å². The zero-order valence-electron chi connectivity index (χ0n) is 25.3. The second-order valence-corrected chi connectivity index (χ2v) is 15.1. The molecule has 0 bridgehead atoms. The molecule has 5 aliphatic rings. The highest BCUT2D eigenvalue weighted by Gasteiger charge is 2.71. The van der Waals surface area contributed by atoms with Gasteiger partial charge in [0.2, 0.25) is 5.91 Å². The van der Waals surface area contributed by atoms with Gasteiger partial charge in [0.15, 0.2) is 11.6 Å². The summed E-state index contributed by atoms with van der Waals surface area (Å²) < 4.78 is 5.40. The van der Waals surface area contributed by atoms with Crippen LogP contribution in [-0.4, -0.2) is 36.1 Å². The zero-order valence-corrected chi connectivity index (χ0v) is 25.3. The van der Waals surface area contributed by atoms with Crippen LogP contribution in [0, 0.1) is 56.2 Å². The number of ketones is 2. The van der Waals surface area contributed by atoms with Crippen LogP contribution < -0.4 is 5.32 Å². The van der Waals surface area contributed by atoms with Crippen LogP contribution in [0.25, 0.3) is 0 Å². The Labute approximate surface area is 238 Å². The average Bonchev–Trinajstić information content (AvgIpc) is 2.86. The number of hydrogen-bond acceptors (Lipinski definition) is 6. The molecule has 3 fully saturated rings. The number of nitrogens with zero attached hydrogens (tertiary/aromatic N) is 1. The molecule has 1 amide bonds. The molecular weight excluding hydrogens is 504 g/mol. The van der Waals surface area contributed by atoms with Crippen molar-refractivity contribution >= 4 is 23.4 Å². The Morgan fingerprint density at radius 1 is 1.02 bits per heavy atom. The summed E-state index contributed by atoms with van der Waals surface area (Å²) in [7, 11) is 1.46. The number of amides is 1. The molecular formula is C33H44N2O5. The van der Waals surface area contributed by atoms with E-state index in [-0.39, 0.29) is 52.2 Å². The van der Waals surface area contributed by atoms with E-state index in [9.17, 15) is 24.4 Å². The predicted octanol–water partition coefficient (Wildman–Crippen LogP) is 5.25. The van der Waals surface area contributed by atoms with Crippen LogP contribution in [0.5, 0.6) is 0 Å². The fourth-order valence-corrected chi connectivity index (χ4v) is 10.4. The maximum absolute atomic E-state index is 14.5. The number of fused-ring (bicyclic) bond motifs is 7. The second kappa shape index (κ2) is 8.63. The van der Waals surface area contributed by atoms with Gasteiger partial charge in [-0.2, -0.15) is 5.26 Å². The van der Waals surface area contributed by atoms with Gasteiger partial charge in [0.25, 0.3) is 0 Å². The summed E-state index contributed by atoms with van der Waals surface area (Å²) >= 11 is 0. The van der Waals surface area contributed by atoms with E-state index >= 15 is 0 Å². The van der Waals surface area contributed by atoms with E-state index in [4.69, 9.17) is 4.74 Å². The summed E-state index contributed by atoms with van der Waals surface area (Å²) in [5.41, 5.74) is -2.47. The Balaban J connectivity index is 1.70. The molecule has 0 aromatic carbocycles. The Morgan fingerprint density at radius 2 is 1.68 bits per heavy atom.